The van der Waals surface area contributed by atoms with Gasteiger partial charge in [-0.2, -0.15) is 5.10 Å². The number of carboxylic acids is 1. The summed E-state index contributed by atoms with van der Waals surface area (Å²) in [6.45, 7) is 7.10. The number of carbonyl (C=O) groups excluding carboxylic acids is 1. The van der Waals surface area contributed by atoms with Crippen molar-refractivity contribution in [2.24, 2.45) is 5.92 Å². The first-order valence-electron chi connectivity index (χ1n) is 9.09. The zero-order chi connectivity index (χ0) is 19.6. The van der Waals surface area contributed by atoms with Crippen LogP contribution < -0.4 is 0 Å². The largest absolute Gasteiger partial charge is 0.481 e. The second kappa shape index (κ2) is 7.92. The first-order valence-corrected chi connectivity index (χ1v) is 9.09. The summed E-state index contributed by atoms with van der Waals surface area (Å²) in [7, 11) is 0. The van der Waals surface area contributed by atoms with E-state index in [1.54, 1.807) is 4.90 Å². The van der Waals surface area contributed by atoms with E-state index >= 15 is 0 Å². The van der Waals surface area contributed by atoms with Crippen molar-refractivity contribution in [3.63, 3.8) is 0 Å². The summed E-state index contributed by atoms with van der Waals surface area (Å²) in [5.74, 6) is -2.57. The fraction of sp³-hybridized carbons (Fsp3) is 0.450. The fourth-order valence-corrected chi connectivity index (χ4v) is 3.56. The number of amides is 1. The highest BCUT2D eigenvalue weighted by atomic mass is 16.5. The van der Waals surface area contributed by atoms with Crippen molar-refractivity contribution in [1.29, 1.82) is 0 Å². The van der Waals surface area contributed by atoms with Gasteiger partial charge in [-0.1, -0.05) is 30.3 Å². The number of benzene rings is 1. The van der Waals surface area contributed by atoms with Crippen molar-refractivity contribution in [1.82, 2.24) is 14.7 Å². The second-order valence-electron chi connectivity index (χ2n) is 6.91. The Morgan fingerprint density at radius 1 is 1.30 bits per heavy atom. The minimum Gasteiger partial charge on any atom is -0.481 e. The summed E-state index contributed by atoms with van der Waals surface area (Å²) in [6, 6.07) is 9.73. The van der Waals surface area contributed by atoms with Crippen LogP contribution in [0.4, 0.5) is 0 Å². The van der Waals surface area contributed by atoms with Gasteiger partial charge in [-0.15, -0.1) is 0 Å². The monoisotopic (exact) mass is 371 g/mol. The van der Waals surface area contributed by atoms with E-state index in [0.717, 1.165) is 22.5 Å². The molecule has 0 bridgehead atoms. The highest BCUT2D eigenvalue weighted by Crippen LogP contribution is 2.31. The van der Waals surface area contributed by atoms with Crippen molar-refractivity contribution >= 4 is 11.9 Å². The van der Waals surface area contributed by atoms with E-state index in [1.807, 2.05) is 48.9 Å². The third-order valence-electron chi connectivity index (χ3n) is 5.10. The molecule has 0 aliphatic carbocycles. The lowest BCUT2D eigenvalue weighted by Crippen LogP contribution is -2.47. The average molecular weight is 371 g/mol. The Morgan fingerprint density at radius 3 is 2.67 bits per heavy atom. The van der Waals surface area contributed by atoms with Gasteiger partial charge in [-0.05, 0) is 26.3 Å². The number of carbonyl (C=O) groups is 2. The molecule has 7 nitrogen and oxygen atoms in total. The molecule has 1 saturated heterocycles. The molecule has 3 rings (SSSR count). The van der Waals surface area contributed by atoms with Gasteiger partial charge in [0.15, 0.2) is 0 Å². The molecule has 1 aliphatic rings. The lowest BCUT2D eigenvalue weighted by molar-refractivity contribution is -0.155. The minimum atomic E-state index is -1.11. The first-order chi connectivity index (χ1) is 12.9. The van der Waals surface area contributed by atoms with Gasteiger partial charge in [0.05, 0.1) is 31.5 Å². The summed E-state index contributed by atoms with van der Waals surface area (Å²) >= 11 is 0. The molecular formula is C20H25N3O4. The minimum absolute atomic E-state index is 0.322. The van der Waals surface area contributed by atoms with Crippen LogP contribution in [0.15, 0.2) is 30.3 Å². The molecule has 2 heterocycles. The van der Waals surface area contributed by atoms with Gasteiger partial charge in [0.2, 0.25) is 5.91 Å². The Kier molecular flexibility index (Phi) is 5.60. The zero-order valence-corrected chi connectivity index (χ0v) is 15.9. The number of morpholine rings is 1. The first kappa shape index (κ1) is 19.1. The Bertz CT molecular complexity index is 831. The van der Waals surface area contributed by atoms with Crippen LogP contribution >= 0.6 is 0 Å². The molecule has 27 heavy (non-hydrogen) atoms. The third-order valence-corrected chi connectivity index (χ3v) is 5.10. The molecule has 0 radical (unpaired) electrons. The van der Waals surface area contributed by atoms with E-state index in [2.05, 4.69) is 5.10 Å². The van der Waals surface area contributed by atoms with Gasteiger partial charge in [0, 0.05) is 17.8 Å². The maximum absolute atomic E-state index is 12.7. The summed E-state index contributed by atoms with van der Waals surface area (Å²) in [5.41, 5.74) is 3.88. The van der Waals surface area contributed by atoms with Crippen LogP contribution in [0.3, 0.4) is 0 Å². The molecule has 7 heteroatoms. The van der Waals surface area contributed by atoms with Crippen LogP contribution in [-0.4, -0.2) is 51.4 Å². The van der Waals surface area contributed by atoms with Crippen LogP contribution in [0.2, 0.25) is 0 Å². The maximum atomic E-state index is 12.7. The van der Waals surface area contributed by atoms with E-state index in [1.165, 1.54) is 6.92 Å². The predicted molar refractivity (Wildman–Crippen MR) is 99.3 cm³/mol. The molecule has 2 aromatic rings. The summed E-state index contributed by atoms with van der Waals surface area (Å²) in [6.07, 6.45) is 0. The number of ether oxygens (including phenoxy) is 1. The lowest BCUT2D eigenvalue weighted by Gasteiger charge is -2.37. The van der Waals surface area contributed by atoms with Crippen molar-refractivity contribution in [2.45, 2.75) is 33.4 Å². The average Bonchev–Trinajstić information content (AvgIpc) is 2.94. The quantitative estimate of drug-likeness (QED) is 0.814. The number of aromatic nitrogens is 2. The summed E-state index contributed by atoms with van der Waals surface area (Å²) in [4.78, 5) is 25.6. The van der Waals surface area contributed by atoms with Gasteiger partial charge in [0.25, 0.3) is 0 Å². The molecule has 1 aromatic heterocycles. The molecule has 1 amide bonds. The number of hydrogen-bond donors (Lipinski definition) is 1. The highest BCUT2D eigenvalue weighted by Gasteiger charge is 2.36. The number of carboxylic acid groups (broad SMARTS) is 1. The van der Waals surface area contributed by atoms with Gasteiger partial charge in [-0.25, -0.2) is 0 Å². The number of nitrogens with zero attached hydrogens (tertiary/aromatic N) is 3. The smallest absolute Gasteiger partial charge is 0.315 e. The van der Waals surface area contributed by atoms with E-state index in [4.69, 9.17) is 4.74 Å². The fourth-order valence-electron chi connectivity index (χ4n) is 3.56. The molecule has 1 fully saturated rings. The number of aliphatic carboxylic acids is 1. The molecule has 2 unspecified atom stereocenters. The van der Waals surface area contributed by atoms with Crippen LogP contribution in [0.25, 0.3) is 0 Å². The van der Waals surface area contributed by atoms with Crippen molar-refractivity contribution < 1.29 is 19.4 Å². The lowest BCUT2D eigenvalue weighted by atomic mass is 10.0. The molecular weight excluding hydrogens is 346 g/mol. The molecule has 1 N–H and O–H groups in total. The van der Waals surface area contributed by atoms with Crippen LogP contribution in [0.1, 0.15) is 35.5 Å². The maximum Gasteiger partial charge on any atom is 0.315 e. The van der Waals surface area contributed by atoms with Gasteiger partial charge in [-0.3, -0.25) is 14.3 Å². The van der Waals surface area contributed by atoms with Crippen molar-refractivity contribution in [3.8, 4) is 0 Å². The van der Waals surface area contributed by atoms with Gasteiger partial charge < -0.3 is 14.7 Å². The van der Waals surface area contributed by atoms with E-state index in [-0.39, 0.29) is 11.9 Å². The van der Waals surface area contributed by atoms with E-state index in [0.29, 0.717) is 26.3 Å². The molecule has 2 atom stereocenters. The molecule has 0 spiro atoms. The van der Waals surface area contributed by atoms with Crippen molar-refractivity contribution in [2.75, 3.05) is 19.8 Å². The highest BCUT2D eigenvalue weighted by molar-refractivity contribution is 5.96. The Morgan fingerprint density at radius 2 is 2.00 bits per heavy atom. The number of hydrogen-bond acceptors (Lipinski definition) is 4. The molecule has 0 saturated carbocycles. The van der Waals surface area contributed by atoms with Gasteiger partial charge in [0.1, 0.15) is 5.92 Å². The van der Waals surface area contributed by atoms with E-state index < -0.39 is 11.9 Å². The Balaban J connectivity index is 1.91. The van der Waals surface area contributed by atoms with Crippen LogP contribution in [0.5, 0.6) is 0 Å². The second-order valence-corrected chi connectivity index (χ2v) is 6.91. The summed E-state index contributed by atoms with van der Waals surface area (Å²) in [5, 5.41) is 13.9. The van der Waals surface area contributed by atoms with Crippen molar-refractivity contribution in [3.05, 3.63) is 52.8 Å². The SMILES string of the molecule is Cc1nn(Cc2ccccc2)c(C)c1C1COCCN1C(=O)C(C)C(=O)O. The topological polar surface area (TPSA) is 84.7 Å². The summed E-state index contributed by atoms with van der Waals surface area (Å²) < 4.78 is 7.54. The predicted octanol–water partition coefficient (Wildman–Crippen LogP) is 2.17. The zero-order valence-electron chi connectivity index (χ0n) is 15.9. The third kappa shape index (κ3) is 3.88. The Hall–Kier alpha value is -2.67. The molecule has 1 aliphatic heterocycles. The molecule has 144 valence electrons. The van der Waals surface area contributed by atoms with Crippen LogP contribution in [-0.2, 0) is 20.9 Å². The van der Waals surface area contributed by atoms with Crippen LogP contribution in [0, 0.1) is 19.8 Å². The Labute approximate surface area is 158 Å². The number of rotatable bonds is 5. The standard InChI is InChI=1S/C20H25N3O4/c1-13(20(25)26)19(24)22-9-10-27-12-17(22)18-14(2)21-23(15(18)3)11-16-7-5-4-6-8-16/h4-8,13,17H,9-12H2,1-3H3,(H,25,26). The normalized spacial score (nSPS) is 18.3. The van der Waals surface area contributed by atoms with E-state index in [9.17, 15) is 14.7 Å². The number of aryl methyl sites for hydroxylation is 1. The molecule has 1 aromatic carbocycles. The van der Waals surface area contributed by atoms with Gasteiger partial charge >= 0.3 is 5.97 Å².